The zero-order valence-corrected chi connectivity index (χ0v) is 12.0. The Hall–Kier alpha value is -0.740. The van der Waals surface area contributed by atoms with Crippen molar-refractivity contribution in [1.29, 1.82) is 0 Å². The van der Waals surface area contributed by atoms with E-state index in [1.165, 1.54) is 5.56 Å². The molecule has 0 bridgehead atoms. The molecule has 1 aromatic carbocycles. The summed E-state index contributed by atoms with van der Waals surface area (Å²) in [5.41, 5.74) is 1.19. The second-order valence-electron chi connectivity index (χ2n) is 5.42. The van der Waals surface area contributed by atoms with E-state index in [-0.39, 0.29) is 18.9 Å². The normalized spacial score (nSPS) is 23.8. The second-order valence-corrected chi connectivity index (χ2v) is 5.86. The third kappa shape index (κ3) is 4.67. The van der Waals surface area contributed by atoms with Gasteiger partial charge in [0.05, 0.1) is 5.92 Å². The summed E-state index contributed by atoms with van der Waals surface area (Å²) in [5, 5.41) is 4.07. The molecule has 1 nitrogen and oxygen atoms in total. The molecule has 5 heteroatoms. The lowest BCUT2D eigenvalue weighted by Gasteiger charge is -2.30. The van der Waals surface area contributed by atoms with Gasteiger partial charge in [0.15, 0.2) is 0 Å². The molecule has 2 rings (SSSR count). The first-order valence-corrected chi connectivity index (χ1v) is 7.37. The van der Waals surface area contributed by atoms with Gasteiger partial charge in [0.25, 0.3) is 0 Å². The lowest BCUT2D eigenvalue weighted by molar-refractivity contribution is -0.182. The zero-order chi connectivity index (χ0) is 14.6. The number of nitrogens with one attached hydrogen (secondary N) is 1. The summed E-state index contributed by atoms with van der Waals surface area (Å²) in [7, 11) is 0. The molecule has 0 aromatic heterocycles. The minimum Gasteiger partial charge on any atom is -0.314 e. The van der Waals surface area contributed by atoms with Gasteiger partial charge in [0.2, 0.25) is 0 Å². The fourth-order valence-corrected chi connectivity index (χ4v) is 2.82. The molecule has 1 aliphatic rings. The lowest BCUT2D eigenvalue weighted by Crippen LogP contribution is -2.37. The number of halogens is 4. The van der Waals surface area contributed by atoms with Gasteiger partial charge in [-0.3, -0.25) is 0 Å². The van der Waals surface area contributed by atoms with Crippen LogP contribution in [0, 0.1) is 5.92 Å². The molecular formula is C15H19ClF3N. The maximum atomic E-state index is 12.5. The van der Waals surface area contributed by atoms with Gasteiger partial charge >= 0.3 is 6.18 Å². The molecule has 0 aliphatic heterocycles. The Morgan fingerprint density at radius 3 is 2.20 bits per heavy atom. The van der Waals surface area contributed by atoms with Crippen LogP contribution >= 0.6 is 11.6 Å². The SMILES string of the molecule is FC(F)(F)C1CCC(NCCc2ccc(Cl)cc2)CC1. The Balaban J connectivity index is 1.67. The highest BCUT2D eigenvalue weighted by atomic mass is 35.5. The van der Waals surface area contributed by atoms with Crippen LogP contribution in [0.2, 0.25) is 5.02 Å². The van der Waals surface area contributed by atoms with Crippen LogP contribution in [-0.4, -0.2) is 18.8 Å². The quantitative estimate of drug-likeness (QED) is 0.857. The van der Waals surface area contributed by atoms with Crippen LogP contribution < -0.4 is 5.32 Å². The molecule has 0 amide bonds. The van der Waals surface area contributed by atoms with Gasteiger partial charge in [-0.15, -0.1) is 0 Å². The predicted molar refractivity (Wildman–Crippen MR) is 75.0 cm³/mol. The standard InChI is InChI=1S/C15H19ClF3N/c16-13-5-1-11(2-6-13)9-10-20-14-7-3-12(4-8-14)15(17,18)19/h1-2,5-6,12,14,20H,3-4,7-10H2. The van der Waals surface area contributed by atoms with E-state index in [2.05, 4.69) is 5.32 Å². The highest BCUT2D eigenvalue weighted by Crippen LogP contribution is 2.37. The fraction of sp³-hybridized carbons (Fsp3) is 0.600. The van der Waals surface area contributed by atoms with Gasteiger partial charge in [-0.25, -0.2) is 0 Å². The van der Waals surface area contributed by atoms with Crippen molar-refractivity contribution in [1.82, 2.24) is 5.32 Å². The molecule has 112 valence electrons. The molecule has 0 saturated heterocycles. The number of rotatable bonds is 4. The summed E-state index contributed by atoms with van der Waals surface area (Å²) in [5.74, 6) is -1.10. The van der Waals surface area contributed by atoms with Crippen molar-refractivity contribution < 1.29 is 13.2 Å². The summed E-state index contributed by atoms with van der Waals surface area (Å²) in [6.45, 7) is 0.795. The van der Waals surface area contributed by atoms with Crippen molar-refractivity contribution >= 4 is 11.6 Å². The molecule has 1 N–H and O–H groups in total. The Bertz CT molecular complexity index is 408. The largest absolute Gasteiger partial charge is 0.391 e. The molecule has 0 spiro atoms. The zero-order valence-electron chi connectivity index (χ0n) is 11.2. The Morgan fingerprint density at radius 2 is 1.65 bits per heavy atom. The van der Waals surface area contributed by atoms with Crippen molar-refractivity contribution in [2.75, 3.05) is 6.54 Å². The van der Waals surface area contributed by atoms with Crippen molar-refractivity contribution in [2.24, 2.45) is 5.92 Å². The molecule has 1 aromatic rings. The van der Waals surface area contributed by atoms with E-state index in [0.29, 0.717) is 17.9 Å². The maximum Gasteiger partial charge on any atom is 0.391 e. The summed E-state index contributed by atoms with van der Waals surface area (Å²) in [6, 6.07) is 7.88. The van der Waals surface area contributed by atoms with E-state index in [9.17, 15) is 13.2 Å². The highest BCUT2D eigenvalue weighted by molar-refractivity contribution is 6.30. The molecule has 0 unspecified atom stereocenters. The van der Waals surface area contributed by atoms with Crippen LogP contribution in [-0.2, 0) is 6.42 Å². The number of hydrogen-bond acceptors (Lipinski definition) is 1. The molecule has 0 atom stereocenters. The second kappa shape index (κ2) is 6.81. The summed E-state index contributed by atoms with van der Waals surface area (Å²) in [4.78, 5) is 0. The average Bonchev–Trinajstić information content (AvgIpc) is 2.41. The van der Waals surface area contributed by atoms with Crippen molar-refractivity contribution in [3.63, 3.8) is 0 Å². The summed E-state index contributed by atoms with van der Waals surface area (Å²) in [6.07, 6.45) is -1.41. The van der Waals surface area contributed by atoms with E-state index >= 15 is 0 Å². The molecule has 1 saturated carbocycles. The summed E-state index contributed by atoms with van der Waals surface area (Å²) >= 11 is 5.81. The molecule has 1 aliphatic carbocycles. The van der Waals surface area contributed by atoms with Crippen LogP contribution in [0.5, 0.6) is 0 Å². The van der Waals surface area contributed by atoms with Crippen LogP contribution in [0.1, 0.15) is 31.2 Å². The van der Waals surface area contributed by atoms with E-state index < -0.39 is 12.1 Å². The van der Waals surface area contributed by atoms with Crippen LogP contribution in [0.3, 0.4) is 0 Å². The molecule has 0 heterocycles. The van der Waals surface area contributed by atoms with E-state index in [4.69, 9.17) is 11.6 Å². The Labute approximate surface area is 122 Å². The van der Waals surface area contributed by atoms with Gasteiger partial charge in [0, 0.05) is 11.1 Å². The van der Waals surface area contributed by atoms with Gasteiger partial charge in [-0.2, -0.15) is 13.2 Å². The Morgan fingerprint density at radius 1 is 1.05 bits per heavy atom. The van der Waals surface area contributed by atoms with Crippen LogP contribution in [0.25, 0.3) is 0 Å². The van der Waals surface area contributed by atoms with Crippen molar-refractivity contribution in [2.45, 2.75) is 44.3 Å². The maximum absolute atomic E-state index is 12.5. The van der Waals surface area contributed by atoms with Gasteiger partial charge in [-0.05, 0) is 56.3 Å². The minimum atomic E-state index is -4.02. The lowest BCUT2D eigenvalue weighted by atomic mass is 9.85. The van der Waals surface area contributed by atoms with E-state index in [1.807, 2.05) is 24.3 Å². The number of benzene rings is 1. The van der Waals surface area contributed by atoms with Crippen LogP contribution in [0.15, 0.2) is 24.3 Å². The predicted octanol–water partition coefficient (Wildman–Crippen LogP) is 4.59. The highest BCUT2D eigenvalue weighted by Gasteiger charge is 2.41. The smallest absolute Gasteiger partial charge is 0.314 e. The Kier molecular flexibility index (Phi) is 5.33. The molecule has 1 fully saturated rings. The molecule has 20 heavy (non-hydrogen) atoms. The first-order chi connectivity index (χ1) is 9.45. The van der Waals surface area contributed by atoms with Gasteiger partial charge in [0.1, 0.15) is 0 Å². The van der Waals surface area contributed by atoms with Crippen molar-refractivity contribution in [3.05, 3.63) is 34.9 Å². The molecular weight excluding hydrogens is 287 g/mol. The third-order valence-corrected chi connectivity index (χ3v) is 4.20. The van der Waals surface area contributed by atoms with Gasteiger partial charge in [-0.1, -0.05) is 23.7 Å². The summed E-state index contributed by atoms with van der Waals surface area (Å²) < 4.78 is 37.6. The number of alkyl halides is 3. The van der Waals surface area contributed by atoms with E-state index in [1.54, 1.807) is 0 Å². The first-order valence-electron chi connectivity index (χ1n) is 6.99. The third-order valence-electron chi connectivity index (χ3n) is 3.95. The monoisotopic (exact) mass is 305 g/mol. The topological polar surface area (TPSA) is 12.0 Å². The van der Waals surface area contributed by atoms with Gasteiger partial charge < -0.3 is 5.32 Å². The van der Waals surface area contributed by atoms with E-state index in [0.717, 1.165) is 13.0 Å². The van der Waals surface area contributed by atoms with Crippen molar-refractivity contribution in [3.8, 4) is 0 Å². The minimum absolute atomic E-state index is 0.223. The van der Waals surface area contributed by atoms with Crippen LogP contribution in [0.4, 0.5) is 13.2 Å². The average molecular weight is 306 g/mol. The number of hydrogen-bond donors (Lipinski definition) is 1. The molecule has 0 radical (unpaired) electrons. The first kappa shape index (κ1) is 15.6. The fourth-order valence-electron chi connectivity index (χ4n) is 2.70.